The van der Waals surface area contributed by atoms with E-state index in [1.165, 1.54) is 10.8 Å². The van der Waals surface area contributed by atoms with Gasteiger partial charge in [0, 0.05) is 34.6 Å². The van der Waals surface area contributed by atoms with Crippen molar-refractivity contribution in [2.75, 3.05) is 0 Å². The Labute approximate surface area is 156 Å². The van der Waals surface area contributed by atoms with E-state index in [2.05, 4.69) is 64.6 Å². The highest BCUT2D eigenvalue weighted by atomic mass is 35.5. The molecule has 0 radical (unpaired) electrons. The second kappa shape index (κ2) is 6.08. The van der Waals surface area contributed by atoms with E-state index < -0.39 is 0 Å². The van der Waals surface area contributed by atoms with Crippen molar-refractivity contribution < 1.29 is 0 Å². The lowest BCUT2D eigenvalue weighted by Crippen LogP contribution is -1.90. The third-order valence-corrected chi connectivity index (χ3v) is 5.08. The van der Waals surface area contributed by atoms with Gasteiger partial charge in [0.05, 0.1) is 11.0 Å². The first-order valence-corrected chi connectivity index (χ1v) is 8.97. The molecule has 4 aromatic rings. The molecule has 0 saturated heterocycles. The third kappa shape index (κ3) is 2.42. The summed E-state index contributed by atoms with van der Waals surface area (Å²) in [6, 6.07) is 14.9. The van der Waals surface area contributed by atoms with Gasteiger partial charge in [-0.2, -0.15) is 0 Å². The Morgan fingerprint density at radius 3 is 2.35 bits per heavy atom. The molecule has 124 valence electrons. The van der Waals surface area contributed by atoms with Crippen LogP contribution in [0.2, 0.25) is 0 Å². The van der Waals surface area contributed by atoms with Crippen LogP contribution in [-0.4, -0.2) is 9.97 Å². The number of fused-ring (bicyclic) bond motifs is 6. The number of nitrogens with zero attached hydrogens (tertiary/aromatic N) is 2. The zero-order chi connectivity index (χ0) is 17.5. The van der Waals surface area contributed by atoms with E-state index in [1.54, 1.807) is 12.4 Å². The molecule has 0 N–H and O–H groups in total. The third-order valence-electron chi connectivity index (χ3n) is 4.82. The molecule has 0 unspecified atom stereocenters. The minimum absolute atomic E-state index is 0.776. The van der Waals surface area contributed by atoms with Gasteiger partial charge < -0.3 is 0 Å². The lowest BCUT2D eigenvalue weighted by atomic mass is 9.95. The van der Waals surface area contributed by atoms with Crippen LogP contribution in [0.4, 0.5) is 0 Å². The first kappa shape index (κ1) is 15.3. The van der Waals surface area contributed by atoms with Gasteiger partial charge in [-0.25, -0.2) is 0 Å². The van der Waals surface area contributed by atoms with Crippen LogP contribution < -0.4 is 0 Å². The fraction of sp³-hybridized carbons (Fsp3) is 0.0435. The Kier molecular flexibility index (Phi) is 3.58. The summed E-state index contributed by atoms with van der Waals surface area (Å²) in [5, 5.41) is 5.47. The van der Waals surface area contributed by atoms with Crippen LogP contribution in [0.5, 0.6) is 0 Å². The highest BCUT2D eigenvalue weighted by Crippen LogP contribution is 2.35. The monoisotopic (exact) mass is 354 g/mol. The van der Waals surface area contributed by atoms with E-state index >= 15 is 0 Å². The van der Waals surface area contributed by atoms with Crippen LogP contribution in [0, 0.1) is 0 Å². The number of benzene rings is 3. The fourth-order valence-corrected chi connectivity index (χ4v) is 3.82. The second-order valence-electron chi connectivity index (χ2n) is 6.40. The molecule has 5 rings (SSSR count). The van der Waals surface area contributed by atoms with Crippen LogP contribution in [0.15, 0.2) is 84.2 Å². The van der Waals surface area contributed by atoms with Crippen molar-refractivity contribution in [3.8, 4) is 0 Å². The van der Waals surface area contributed by atoms with Gasteiger partial charge in [-0.05, 0) is 34.1 Å². The molecule has 0 saturated carbocycles. The Bertz CT molecular complexity index is 1230. The SMILES string of the molecule is ClC1=CC(c2ccc3c(c2)c2ccccc2c2nccnc32)=CC=CC1. The zero-order valence-corrected chi connectivity index (χ0v) is 14.7. The van der Waals surface area contributed by atoms with E-state index in [1.807, 2.05) is 12.1 Å². The molecular weight excluding hydrogens is 340 g/mol. The number of allylic oxidation sites excluding steroid dienone is 6. The summed E-state index contributed by atoms with van der Waals surface area (Å²) >= 11 is 6.31. The average molecular weight is 355 g/mol. The Morgan fingerprint density at radius 2 is 1.54 bits per heavy atom. The van der Waals surface area contributed by atoms with Gasteiger partial charge in [0.15, 0.2) is 0 Å². The van der Waals surface area contributed by atoms with E-state index in [9.17, 15) is 0 Å². The molecule has 0 atom stereocenters. The summed E-state index contributed by atoms with van der Waals surface area (Å²) < 4.78 is 0. The summed E-state index contributed by atoms with van der Waals surface area (Å²) in [6.45, 7) is 0. The Hall–Kier alpha value is -2.97. The highest BCUT2D eigenvalue weighted by Gasteiger charge is 2.11. The van der Waals surface area contributed by atoms with E-state index in [0.717, 1.165) is 44.4 Å². The number of hydrogen-bond donors (Lipinski definition) is 0. The smallest absolute Gasteiger partial charge is 0.0971 e. The summed E-state index contributed by atoms with van der Waals surface area (Å²) in [5.74, 6) is 0. The number of aromatic nitrogens is 2. The van der Waals surface area contributed by atoms with Crippen LogP contribution >= 0.6 is 11.6 Å². The molecule has 3 heteroatoms. The van der Waals surface area contributed by atoms with Crippen molar-refractivity contribution in [2.24, 2.45) is 0 Å². The average Bonchev–Trinajstić information content (AvgIpc) is 2.92. The van der Waals surface area contributed by atoms with Crippen LogP contribution in [0.25, 0.3) is 38.2 Å². The van der Waals surface area contributed by atoms with E-state index in [4.69, 9.17) is 11.6 Å². The second-order valence-corrected chi connectivity index (χ2v) is 6.89. The van der Waals surface area contributed by atoms with Crippen molar-refractivity contribution in [3.05, 3.63) is 89.8 Å². The van der Waals surface area contributed by atoms with Gasteiger partial charge in [0.2, 0.25) is 0 Å². The molecule has 1 aromatic heterocycles. The molecule has 0 aliphatic heterocycles. The first-order valence-electron chi connectivity index (χ1n) is 8.60. The highest BCUT2D eigenvalue weighted by molar-refractivity contribution is 6.30. The van der Waals surface area contributed by atoms with Crippen molar-refractivity contribution in [3.63, 3.8) is 0 Å². The summed E-state index contributed by atoms with van der Waals surface area (Å²) in [4.78, 5) is 9.19. The predicted octanol–water partition coefficient (Wildman–Crippen LogP) is 6.40. The molecule has 2 nitrogen and oxygen atoms in total. The minimum atomic E-state index is 0.776. The number of rotatable bonds is 1. The molecule has 0 spiro atoms. The number of hydrogen-bond acceptors (Lipinski definition) is 2. The van der Waals surface area contributed by atoms with Gasteiger partial charge in [-0.15, -0.1) is 0 Å². The van der Waals surface area contributed by atoms with Crippen LogP contribution in [0.3, 0.4) is 0 Å². The summed E-state index contributed by atoms with van der Waals surface area (Å²) in [5.41, 5.74) is 4.16. The maximum absolute atomic E-state index is 6.31. The molecule has 26 heavy (non-hydrogen) atoms. The van der Waals surface area contributed by atoms with Crippen LogP contribution in [0.1, 0.15) is 12.0 Å². The standard InChI is InChI=1S/C23H15ClN2/c24-17-6-2-1-5-15(13-17)16-9-10-20-21(14-16)18-7-3-4-8-19(18)22-23(20)26-12-11-25-22/h1-5,7-14H,6H2. The molecule has 0 amide bonds. The molecule has 1 aliphatic carbocycles. The zero-order valence-electron chi connectivity index (χ0n) is 14.0. The van der Waals surface area contributed by atoms with Gasteiger partial charge in [0.25, 0.3) is 0 Å². The Morgan fingerprint density at radius 1 is 0.808 bits per heavy atom. The first-order chi connectivity index (χ1) is 12.8. The predicted molar refractivity (Wildman–Crippen MR) is 110 cm³/mol. The van der Waals surface area contributed by atoms with E-state index in [-0.39, 0.29) is 0 Å². The Balaban J connectivity index is 1.88. The molecule has 1 aliphatic rings. The van der Waals surface area contributed by atoms with Crippen molar-refractivity contribution in [2.45, 2.75) is 6.42 Å². The summed E-state index contributed by atoms with van der Waals surface area (Å²) in [7, 11) is 0. The molecule has 1 heterocycles. The quantitative estimate of drug-likeness (QED) is 0.369. The van der Waals surface area contributed by atoms with Crippen LogP contribution in [-0.2, 0) is 0 Å². The lowest BCUT2D eigenvalue weighted by molar-refractivity contribution is 1.31. The topological polar surface area (TPSA) is 25.8 Å². The normalized spacial score (nSPS) is 14.5. The van der Waals surface area contributed by atoms with E-state index in [0.29, 0.717) is 0 Å². The minimum Gasteiger partial charge on any atom is -0.252 e. The van der Waals surface area contributed by atoms with Gasteiger partial charge in [-0.1, -0.05) is 66.2 Å². The molecule has 3 aromatic carbocycles. The maximum Gasteiger partial charge on any atom is 0.0971 e. The molecule has 0 fully saturated rings. The number of halogens is 1. The maximum atomic E-state index is 6.31. The van der Waals surface area contributed by atoms with Crippen molar-refractivity contribution in [1.29, 1.82) is 0 Å². The van der Waals surface area contributed by atoms with Gasteiger partial charge >= 0.3 is 0 Å². The summed E-state index contributed by atoms with van der Waals surface area (Å²) in [6.07, 6.45) is 12.6. The largest absolute Gasteiger partial charge is 0.252 e. The molecule has 0 bridgehead atoms. The van der Waals surface area contributed by atoms with Crippen molar-refractivity contribution >= 4 is 49.8 Å². The fourth-order valence-electron chi connectivity index (χ4n) is 3.62. The van der Waals surface area contributed by atoms with Crippen molar-refractivity contribution in [1.82, 2.24) is 9.97 Å². The molecular formula is C23H15ClN2. The van der Waals surface area contributed by atoms with Gasteiger partial charge in [0.1, 0.15) is 0 Å². The lowest BCUT2D eigenvalue weighted by Gasteiger charge is -2.11. The van der Waals surface area contributed by atoms with Gasteiger partial charge in [-0.3, -0.25) is 9.97 Å².